The van der Waals surface area contributed by atoms with Gasteiger partial charge >= 0.3 is 0 Å². The number of anilines is 2. The molecular formula is C23H19FN4O6S4. The molecule has 38 heavy (non-hydrogen) atoms. The summed E-state index contributed by atoms with van der Waals surface area (Å²) in [6.45, 7) is 0. The Bertz CT molecular complexity index is 1790. The molecule has 10 nitrogen and oxygen atoms in total. The molecule has 2 amide bonds. The number of rotatable bonds is 8. The van der Waals surface area contributed by atoms with Gasteiger partial charge in [0.15, 0.2) is 14.2 Å². The van der Waals surface area contributed by atoms with Gasteiger partial charge in [0.05, 0.1) is 20.9 Å². The van der Waals surface area contributed by atoms with Crippen LogP contribution in [0.3, 0.4) is 0 Å². The van der Waals surface area contributed by atoms with Crippen LogP contribution in [-0.4, -0.2) is 45.6 Å². The molecule has 0 saturated heterocycles. The van der Waals surface area contributed by atoms with Gasteiger partial charge < -0.3 is 10.6 Å². The van der Waals surface area contributed by atoms with Crippen LogP contribution in [-0.2, 0) is 24.7 Å². The summed E-state index contributed by atoms with van der Waals surface area (Å²) in [7, 11) is -7.65. The number of halogens is 1. The minimum absolute atomic E-state index is 0.0120. The van der Waals surface area contributed by atoms with Gasteiger partial charge in [-0.3, -0.25) is 9.59 Å². The summed E-state index contributed by atoms with van der Waals surface area (Å²) in [6, 6.07) is 13.7. The molecule has 1 aromatic heterocycles. The number of aromatic nitrogens is 1. The fourth-order valence-corrected chi connectivity index (χ4v) is 6.46. The summed E-state index contributed by atoms with van der Waals surface area (Å²) in [5.74, 6) is -1.99. The standard InChI is InChI=1S/C23H19FN4O6S4/c1-37(31,32)20-8-5-13(9-17(20)24)22(30)27-15-6-7-18-19(11-15)36-23(28-18)35-12-21(29)26-14-3-2-4-16(10-14)38(25,33)34/h2-11H,12H2,1H3,(H,26,29)(H,27,30)(H2,25,33,34). The van der Waals surface area contributed by atoms with Crippen molar-refractivity contribution in [3.8, 4) is 0 Å². The molecule has 0 unspecified atom stereocenters. The number of thioether (sulfide) groups is 1. The molecule has 0 spiro atoms. The molecule has 4 aromatic rings. The molecule has 0 atom stereocenters. The summed E-state index contributed by atoms with van der Waals surface area (Å²) >= 11 is 2.47. The molecule has 3 aromatic carbocycles. The van der Waals surface area contributed by atoms with E-state index < -0.39 is 36.5 Å². The Hall–Kier alpha value is -3.37. The SMILES string of the molecule is CS(=O)(=O)c1ccc(C(=O)Nc2ccc3nc(SCC(=O)Nc4cccc(S(N)(=O)=O)c4)sc3c2)cc1F. The van der Waals surface area contributed by atoms with Gasteiger partial charge in [0.2, 0.25) is 15.9 Å². The number of thiazole rings is 1. The number of sulfone groups is 1. The van der Waals surface area contributed by atoms with Gasteiger partial charge in [0, 0.05) is 23.2 Å². The lowest BCUT2D eigenvalue weighted by molar-refractivity contribution is -0.113. The molecule has 4 N–H and O–H groups in total. The molecule has 4 rings (SSSR count). The molecule has 0 saturated carbocycles. The van der Waals surface area contributed by atoms with E-state index in [9.17, 15) is 30.8 Å². The van der Waals surface area contributed by atoms with E-state index in [1.165, 1.54) is 47.4 Å². The monoisotopic (exact) mass is 594 g/mol. The number of carbonyl (C=O) groups is 2. The number of hydrogen-bond donors (Lipinski definition) is 3. The summed E-state index contributed by atoms with van der Waals surface area (Å²) in [5.41, 5.74) is 1.30. The lowest BCUT2D eigenvalue weighted by atomic mass is 10.2. The Kier molecular flexibility index (Phi) is 7.85. The van der Waals surface area contributed by atoms with Crippen LogP contribution < -0.4 is 15.8 Å². The predicted molar refractivity (Wildman–Crippen MR) is 144 cm³/mol. The maximum absolute atomic E-state index is 14.1. The van der Waals surface area contributed by atoms with Crippen molar-refractivity contribution in [2.45, 2.75) is 14.1 Å². The second-order valence-corrected chi connectivity index (χ2v) is 13.7. The number of sulfonamides is 1. The summed E-state index contributed by atoms with van der Waals surface area (Å²) in [6.07, 6.45) is 0.879. The fourth-order valence-electron chi connectivity index (χ4n) is 3.26. The number of carbonyl (C=O) groups excluding carboxylic acids is 2. The number of primary sulfonamides is 1. The van der Waals surface area contributed by atoms with E-state index >= 15 is 0 Å². The molecule has 0 fully saturated rings. The molecule has 0 aliphatic heterocycles. The van der Waals surface area contributed by atoms with Gasteiger partial charge in [-0.15, -0.1) is 11.3 Å². The average Bonchev–Trinajstić information content (AvgIpc) is 3.24. The van der Waals surface area contributed by atoms with Crippen molar-refractivity contribution in [1.82, 2.24) is 4.98 Å². The fraction of sp³-hybridized carbons (Fsp3) is 0.0870. The van der Waals surface area contributed by atoms with Crippen molar-refractivity contribution in [2.75, 3.05) is 22.6 Å². The minimum Gasteiger partial charge on any atom is -0.325 e. The molecule has 15 heteroatoms. The number of amides is 2. The molecular weight excluding hydrogens is 576 g/mol. The number of fused-ring (bicyclic) bond motifs is 1. The van der Waals surface area contributed by atoms with Crippen LogP contribution in [0.5, 0.6) is 0 Å². The second kappa shape index (κ2) is 10.8. The largest absolute Gasteiger partial charge is 0.325 e. The van der Waals surface area contributed by atoms with Crippen LogP contribution in [0, 0.1) is 5.82 Å². The molecule has 198 valence electrons. The Labute approximate surface area is 225 Å². The molecule has 0 radical (unpaired) electrons. The smallest absolute Gasteiger partial charge is 0.255 e. The number of benzene rings is 3. The van der Waals surface area contributed by atoms with Gasteiger partial charge in [0.1, 0.15) is 10.7 Å². The van der Waals surface area contributed by atoms with Crippen LogP contribution in [0.15, 0.2) is 74.8 Å². The second-order valence-electron chi connectivity index (χ2n) is 7.94. The van der Waals surface area contributed by atoms with Crippen molar-refractivity contribution < 1.29 is 30.8 Å². The van der Waals surface area contributed by atoms with Crippen molar-refractivity contribution in [3.05, 3.63) is 72.0 Å². The highest BCUT2D eigenvalue weighted by molar-refractivity contribution is 8.01. The van der Waals surface area contributed by atoms with Gasteiger partial charge in [-0.25, -0.2) is 31.3 Å². The third-order valence-electron chi connectivity index (χ3n) is 4.99. The third kappa shape index (κ3) is 6.73. The average molecular weight is 595 g/mol. The minimum atomic E-state index is -3.90. The molecule has 0 bridgehead atoms. The Morgan fingerprint density at radius 1 is 1.00 bits per heavy atom. The lowest BCUT2D eigenvalue weighted by Crippen LogP contribution is -2.16. The Morgan fingerprint density at radius 2 is 1.74 bits per heavy atom. The van der Waals surface area contributed by atoms with E-state index in [1.807, 2.05) is 0 Å². The van der Waals surface area contributed by atoms with E-state index in [0.717, 1.165) is 23.1 Å². The first kappa shape index (κ1) is 27.7. The predicted octanol–water partition coefficient (Wildman–Crippen LogP) is 3.47. The Morgan fingerprint density at radius 3 is 2.42 bits per heavy atom. The normalized spacial score (nSPS) is 11.9. The number of nitrogens with two attached hydrogens (primary N) is 1. The van der Waals surface area contributed by atoms with E-state index in [0.29, 0.717) is 15.5 Å². The van der Waals surface area contributed by atoms with Crippen LogP contribution in [0.25, 0.3) is 10.2 Å². The summed E-state index contributed by atoms with van der Waals surface area (Å²) in [4.78, 5) is 28.7. The van der Waals surface area contributed by atoms with Crippen molar-refractivity contribution in [1.29, 1.82) is 0 Å². The molecule has 1 heterocycles. The van der Waals surface area contributed by atoms with Crippen molar-refractivity contribution >= 4 is 76.4 Å². The van der Waals surface area contributed by atoms with Crippen molar-refractivity contribution in [3.63, 3.8) is 0 Å². The van der Waals surface area contributed by atoms with E-state index in [1.54, 1.807) is 24.3 Å². The van der Waals surface area contributed by atoms with E-state index in [-0.39, 0.29) is 27.8 Å². The zero-order valence-electron chi connectivity index (χ0n) is 19.5. The molecule has 0 aliphatic carbocycles. The van der Waals surface area contributed by atoms with E-state index in [4.69, 9.17) is 5.14 Å². The Balaban J connectivity index is 1.40. The zero-order chi connectivity index (χ0) is 27.7. The third-order valence-corrected chi connectivity index (χ3v) is 9.20. The topological polar surface area (TPSA) is 165 Å². The maximum atomic E-state index is 14.1. The highest BCUT2D eigenvalue weighted by Gasteiger charge is 2.17. The van der Waals surface area contributed by atoms with Crippen LogP contribution in [0.2, 0.25) is 0 Å². The van der Waals surface area contributed by atoms with Gasteiger partial charge in [0.25, 0.3) is 5.91 Å². The van der Waals surface area contributed by atoms with Gasteiger partial charge in [-0.1, -0.05) is 17.8 Å². The number of hydrogen-bond acceptors (Lipinski definition) is 9. The van der Waals surface area contributed by atoms with Crippen LogP contribution in [0.4, 0.5) is 15.8 Å². The van der Waals surface area contributed by atoms with E-state index in [2.05, 4.69) is 15.6 Å². The summed E-state index contributed by atoms with van der Waals surface area (Å²) in [5, 5.41) is 10.4. The quantitative estimate of drug-likeness (QED) is 0.261. The molecule has 0 aliphatic rings. The first-order valence-electron chi connectivity index (χ1n) is 10.6. The lowest BCUT2D eigenvalue weighted by Gasteiger charge is -2.07. The van der Waals surface area contributed by atoms with Gasteiger partial charge in [-0.2, -0.15) is 0 Å². The van der Waals surface area contributed by atoms with Crippen LogP contribution in [0.1, 0.15) is 10.4 Å². The first-order valence-corrected chi connectivity index (χ1v) is 15.8. The summed E-state index contributed by atoms with van der Waals surface area (Å²) < 4.78 is 61.6. The highest BCUT2D eigenvalue weighted by atomic mass is 32.2. The first-order chi connectivity index (χ1) is 17.8. The van der Waals surface area contributed by atoms with Gasteiger partial charge in [-0.05, 0) is 54.6 Å². The maximum Gasteiger partial charge on any atom is 0.255 e. The highest BCUT2D eigenvalue weighted by Crippen LogP contribution is 2.31. The van der Waals surface area contributed by atoms with Crippen molar-refractivity contribution in [2.24, 2.45) is 5.14 Å². The van der Waals surface area contributed by atoms with Crippen LogP contribution >= 0.6 is 23.1 Å². The number of nitrogens with one attached hydrogen (secondary N) is 2. The zero-order valence-corrected chi connectivity index (χ0v) is 22.7. The number of nitrogens with zero attached hydrogens (tertiary/aromatic N) is 1.